The summed E-state index contributed by atoms with van der Waals surface area (Å²) in [6, 6.07) is 8.59. The van der Waals surface area contributed by atoms with Gasteiger partial charge in [0.25, 0.3) is 0 Å². The van der Waals surface area contributed by atoms with E-state index in [1.807, 2.05) is 0 Å². The monoisotopic (exact) mass is 498 g/mol. The third-order valence-corrected chi connectivity index (χ3v) is 7.30. The minimum Gasteiger partial charge on any atom is -0.462 e. The normalized spacial score (nSPS) is 18.3. The third kappa shape index (κ3) is 11.1. The molecule has 5 nitrogen and oxygen atoms in total. The number of benzene rings is 1. The Balaban J connectivity index is 1.82. The zero-order chi connectivity index (χ0) is 26.3. The Labute approximate surface area is 218 Å². The van der Waals surface area contributed by atoms with Gasteiger partial charge < -0.3 is 14.6 Å². The fourth-order valence-corrected chi connectivity index (χ4v) is 4.88. The second-order valence-electron chi connectivity index (χ2n) is 10.5. The summed E-state index contributed by atoms with van der Waals surface area (Å²) in [6.07, 6.45) is 14.0. The van der Waals surface area contributed by atoms with Crippen LogP contribution in [-0.2, 0) is 31.9 Å². The predicted molar refractivity (Wildman–Crippen MR) is 145 cm³/mol. The van der Waals surface area contributed by atoms with E-state index >= 15 is 0 Å². The van der Waals surface area contributed by atoms with E-state index in [-0.39, 0.29) is 24.7 Å². The molecular weight excluding hydrogens is 452 g/mol. The first-order valence-electron chi connectivity index (χ1n) is 13.7. The number of carbonyl (C=O) groups is 2. The van der Waals surface area contributed by atoms with Crippen LogP contribution in [0.25, 0.3) is 0 Å². The Morgan fingerprint density at radius 1 is 0.917 bits per heavy atom. The average molecular weight is 499 g/mol. The fourth-order valence-electron chi connectivity index (χ4n) is 4.88. The van der Waals surface area contributed by atoms with Crippen molar-refractivity contribution in [3.8, 4) is 0 Å². The van der Waals surface area contributed by atoms with Gasteiger partial charge in [-0.05, 0) is 49.1 Å². The van der Waals surface area contributed by atoms with Gasteiger partial charge in [0.15, 0.2) is 0 Å². The number of unbranched alkanes of at least 4 members (excludes halogenated alkanes) is 2. The smallest absolute Gasteiger partial charge is 0.335 e. The van der Waals surface area contributed by atoms with Crippen molar-refractivity contribution < 1.29 is 24.2 Å². The maximum Gasteiger partial charge on any atom is 0.335 e. The summed E-state index contributed by atoms with van der Waals surface area (Å²) >= 11 is 0. The van der Waals surface area contributed by atoms with Crippen LogP contribution in [0.3, 0.4) is 0 Å². The first-order chi connectivity index (χ1) is 17.3. The molecule has 2 rings (SSSR count). The molecule has 1 unspecified atom stereocenters. The summed E-state index contributed by atoms with van der Waals surface area (Å²) in [7, 11) is 0. The molecule has 0 amide bonds. The third-order valence-electron chi connectivity index (χ3n) is 7.30. The van der Waals surface area contributed by atoms with Crippen molar-refractivity contribution >= 4 is 11.9 Å². The molecule has 0 spiro atoms. The second kappa shape index (κ2) is 16.4. The van der Waals surface area contributed by atoms with E-state index in [1.165, 1.54) is 63.4 Å². The highest BCUT2D eigenvalue weighted by molar-refractivity contribution is 5.88. The number of carbonyl (C=O) groups excluding carboxylic acids is 2. The Kier molecular flexibility index (Phi) is 13.6. The Morgan fingerprint density at radius 2 is 1.47 bits per heavy atom. The molecule has 0 radical (unpaired) electrons. The maximum absolute atomic E-state index is 11.9. The van der Waals surface area contributed by atoms with Crippen LogP contribution in [0.5, 0.6) is 0 Å². The number of aryl methyl sites for hydroxylation is 1. The van der Waals surface area contributed by atoms with Crippen LogP contribution in [0.15, 0.2) is 48.6 Å². The molecule has 1 saturated carbocycles. The van der Waals surface area contributed by atoms with Crippen molar-refractivity contribution in [3.05, 3.63) is 59.7 Å². The predicted octanol–water partition coefficient (Wildman–Crippen LogP) is 6.38. The topological polar surface area (TPSA) is 72.8 Å². The molecule has 36 heavy (non-hydrogen) atoms. The van der Waals surface area contributed by atoms with Crippen molar-refractivity contribution in [1.29, 1.82) is 0 Å². The van der Waals surface area contributed by atoms with Gasteiger partial charge in [-0.2, -0.15) is 0 Å². The molecule has 1 aromatic carbocycles. The number of ether oxygens (including phenoxy) is 2. The summed E-state index contributed by atoms with van der Waals surface area (Å²) in [5.41, 5.74) is 2.77. The van der Waals surface area contributed by atoms with Gasteiger partial charge in [-0.25, -0.2) is 9.59 Å². The van der Waals surface area contributed by atoms with Crippen molar-refractivity contribution in [2.75, 3.05) is 19.8 Å². The number of aliphatic hydroxyl groups excluding tert-OH is 1. The van der Waals surface area contributed by atoms with E-state index in [0.29, 0.717) is 12.0 Å². The lowest BCUT2D eigenvalue weighted by Crippen LogP contribution is -2.24. The van der Waals surface area contributed by atoms with Gasteiger partial charge in [-0.15, -0.1) is 0 Å². The van der Waals surface area contributed by atoms with Gasteiger partial charge in [0.2, 0.25) is 0 Å². The Morgan fingerprint density at radius 3 is 2.03 bits per heavy atom. The number of hydrogen-bond donors (Lipinski definition) is 1. The van der Waals surface area contributed by atoms with Crippen molar-refractivity contribution in [1.82, 2.24) is 0 Å². The molecule has 0 heterocycles. The van der Waals surface area contributed by atoms with E-state index in [2.05, 4.69) is 44.3 Å². The number of rotatable bonds is 16. The van der Waals surface area contributed by atoms with Crippen LogP contribution in [0.4, 0.5) is 0 Å². The quantitative estimate of drug-likeness (QED) is 0.163. The van der Waals surface area contributed by atoms with Gasteiger partial charge >= 0.3 is 11.9 Å². The van der Waals surface area contributed by atoms with E-state index in [9.17, 15) is 9.59 Å². The highest BCUT2D eigenvalue weighted by Crippen LogP contribution is 2.34. The molecule has 1 N–H and O–H groups in total. The first kappa shape index (κ1) is 29.8. The summed E-state index contributed by atoms with van der Waals surface area (Å²) in [4.78, 5) is 23.7. The lowest BCUT2D eigenvalue weighted by Gasteiger charge is -2.28. The molecule has 0 aromatic heterocycles. The van der Waals surface area contributed by atoms with E-state index in [1.54, 1.807) is 6.92 Å². The maximum atomic E-state index is 11.9. The lowest BCUT2D eigenvalue weighted by atomic mass is 9.78. The zero-order valence-corrected chi connectivity index (χ0v) is 22.4. The SMILES string of the molecule is C=C(C)C(=O)OCC(COC(=O)C(=C)CO)Cc1ccc(CCC2CCC(CCCCC)CC2)cc1. The van der Waals surface area contributed by atoms with Crippen LogP contribution >= 0.6 is 0 Å². The molecule has 200 valence electrons. The van der Waals surface area contributed by atoms with Crippen molar-refractivity contribution in [2.24, 2.45) is 17.8 Å². The van der Waals surface area contributed by atoms with Gasteiger partial charge in [-0.3, -0.25) is 0 Å². The van der Waals surface area contributed by atoms with Gasteiger partial charge in [-0.1, -0.05) is 95.7 Å². The average Bonchev–Trinajstić information content (AvgIpc) is 2.89. The standard InChI is InChI=1S/C31H46O5/c1-5-6-7-8-25-9-11-26(12-10-25)13-14-27-15-17-28(18-16-27)19-29(21-35-30(33)23(2)3)22-36-31(34)24(4)20-32/h15-18,25-26,29,32H,2,4-14,19-22H2,1,3H3. The molecule has 1 aliphatic carbocycles. The van der Waals surface area contributed by atoms with Crippen LogP contribution in [0.2, 0.25) is 0 Å². The summed E-state index contributed by atoms with van der Waals surface area (Å²) in [5, 5.41) is 9.07. The van der Waals surface area contributed by atoms with Crippen molar-refractivity contribution in [3.63, 3.8) is 0 Å². The molecule has 5 heteroatoms. The second-order valence-corrected chi connectivity index (χ2v) is 10.5. The molecule has 0 aliphatic heterocycles. The highest BCUT2D eigenvalue weighted by atomic mass is 16.5. The zero-order valence-electron chi connectivity index (χ0n) is 22.4. The van der Waals surface area contributed by atoms with E-state index < -0.39 is 18.5 Å². The molecule has 1 aromatic rings. The molecule has 1 fully saturated rings. The first-order valence-corrected chi connectivity index (χ1v) is 13.7. The molecule has 1 aliphatic rings. The summed E-state index contributed by atoms with van der Waals surface area (Å²) < 4.78 is 10.6. The Hall–Kier alpha value is -2.40. The van der Waals surface area contributed by atoms with Crippen molar-refractivity contribution in [2.45, 2.75) is 84.5 Å². The van der Waals surface area contributed by atoms with Crippen LogP contribution < -0.4 is 0 Å². The van der Waals surface area contributed by atoms with Crippen LogP contribution in [0.1, 0.15) is 82.8 Å². The van der Waals surface area contributed by atoms with Gasteiger partial charge in [0.1, 0.15) is 0 Å². The molecule has 1 atom stereocenters. The highest BCUT2D eigenvalue weighted by Gasteiger charge is 2.21. The minimum absolute atomic E-state index is 0.00186. The molecule has 0 saturated heterocycles. The number of aliphatic hydroxyl groups is 1. The van der Waals surface area contributed by atoms with Crippen LogP contribution in [0, 0.1) is 17.8 Å². The van der Waals surface area contributed by atoms with Gasteiger partial charge in [0, 0.05) is 11.5 Å². The number of esters is 2. The molecule has 0 bridgehead atoms. The summed E-state index contributed by atoms with van der Waals surface area (Å²) in [6.45, 7) is 10.7. The number of hydrogen-bond acceptors (Lipinski definition) is 5. The fraction of sp³-hybridized carbons (Fsp3) is 0.613. The van der Waals surface area contributed by atoms with E-state index in [4.69, 9.17) is 14.6 Å². The van der Waals surface area contributed by atoms with Gasteiger partial charge in [0.05, 0.1) is 25.4 Å². The van der Waals surface area contributed by atoms with Crippen LogP contribution in [-0.4, -0.2) is 36.9 Å². The minimum atomic E-state index is -0.640. The lowest BCUT2D eigenvalue weighted by molar-refractivity contribution is -0.144. The molecular formula is C31H46O5. The summed E-state index contributed by atoms with van der Waals surface area (Å²) in [5.74, 6) is 0.496. The van der Waals surface area contributed by atoms with E-state index in [0.717, 1.165) is 23.8 Å². The Bertz CT molecular complexity index is 833. The largest absolute Gasteiger partial charge is 0.462 e.